The van der Waals surface area contributed by atoms with Crippen molar-refractivity contribution in [2.24, 2.45) is 0 Å². The van der Waals surface area contributed by atoms with Gasteiger partial charge in [0.25, 0.3) is 0 Å². The zero-order valence-corrected chi connectivity index (χ0v) is 16.7. The van der Waals surface area contributed by atoms with Gasteiger partial charge in [0.15, 0.2) is 0 Å². The highest BCUT2D eigenvalue weighted by Gasteiger charge is 2.10. The van der Waals surface area contributed by atoms with Gasteiger partial charge in [-0.15, -0.1) is 0 Å². The molecule has 1 aliphatic rings. The quantitative estimate of drug-likeness (QED) is 0.599. The molecular weight excluding hydrogens is 365 g/mol. The first-order valence-electron chi connectivity index (χ1n) is 10.1. The van der Waals surface area contributed by atoms with Gasteiger partial charge in [0, 0.05) is 37.1 Å². The van der Waals surface area contributed by atoms with Crippen LogP contribution in [0.25, 0.3) is 0 Å². The van der Waals surface area contributed by atoms with E-state index in [1.165, 1.54) is 37.1 Å². The van der Waals surface area contributed by atoms with Crippen molar-refractivity contribution in [3.63, 3.8) is 0 Å². The van der Waals surface area contributed by atoms with Gasteiger partial charge in [-0.05, 0) is 68.1 Å². The number of hydrogen-bond acceptors (Lipinski definition) is 5. The van der Waals surface area contributed by atoms with Crippen molar-refractivity contribution in [2.75, 3.05) is 28.6 Å². The van der Waals surface area contributed by atoms with Crippen molar-refractivity contribution in [3.8, 4) is 0 Å². The highest BCUT2D eigenvalue weighted by molar-refractivity contribution is 5.62. The third kappa shape index (κ3) is 5.22. The van der Waals surface area contributed by atoms with Gasteiger partial charge >= 0.3 is 0 Å². The predicted octanol–water partition coefficient (Wildman–Crippen LogP) is 5.27. The minimum absolute atomic E-state index is 0.232. The molecule has 2 N–H and O–H groups in total. The topological polar surface area (TPSA) is 53.1 Å². The number of aromatic nitrogens is 2. The number of rotatable bonds is 6. The molecule has 29 heavy (non-hydrogen) atoms. The van der Waals surface area contributed by atoms with Crippen molar-refractivity contribution in [1.29, 1.82) is 0 Å². The van der Waals surface area contributed by atoms with Crippen LogP contribution in [0.15, 0.2) is 54.6 Å². The zero-order chi connectivity index (χ0) is 20.1. The van der Waals surface area contributed by atoms with Gasteiger partial charge in [-0.1, -0.05) is 12.1 Å². The van der Waals surface area contributed by atoms with Gasteiger partial charge in [-0.25, -0.2) is 14.4 Å². The van der Waals surface area contributed by atoms with E-state index in [-0.39, 0.29) is 5.82 Å². The molecule has 0 bridgehead atoms. The summed E-state index contributed by atoms with van der Waals surface area (Å²) in [5.74, 6) is 1.92. The highest BCUT2D eigenvalue weighted by atomic mass is 19.1. The Labute approximate surface area is 171 Å². The molecule has 1 aromatic heterocycles. The minimum atomic E-state index is -0.232. The van der Waals surface area contributed by atoms with Crippen LogP contribution in [0, 0.1) is 12.7 Å². The Balaban J connectivity index is 1.41. The maximum atomic E-state index is 13.0. The molecule has 1 saturated heterocycles. The van der Waals surface area contributed by atoms with Crippen LogP contribution in [0.5, 0.6) is 0 Å². The first-order chi connectivity index (χ1) is 14.2. The SMILES string of the molecule is Cc1nc(NCc2ccc(F)cc2)cc(Nc2ccc(N3CCCCC3)cc2)n1. The molecule has 0 atom stereocenters. The second kappa shape index (κ2) is 8.90. The summed E-state index contributed by atoms with van der Waals surface area (Å²) < 4.78 is 13.0. The van der Waals surface area contributed by atoms with E-state index >= 15 is 0 Å². The lowest BCUT2D eigenvalue weighted by Gasteiger charge is -2.28. The lowest BCUT2D eigenvalue weighted by Crippen LogP contribution is -2.29. The molecule has 0 radical (unpaired) electrons. The summed E-state index contributed by atoms with van der Waals surface area (Å²) in [7, 11) is 0. The molecule has 0 aliphatic carbocycles. The normalized spacial score (nSPS) is 13.9. The largest absolute Gasteiger partial charge is 0.372 e. The summed E-state index contributed by atoms with van der Waals surface area (Å²) in [6.45, 7) is 4.72. The molecule has 0 unspecified atom stereocenters. The van der Waals surface area contributed by atoms with Crippen LogP contribution >= 0.6 is 0 Å². The molecule has 1 aliphatic heterocycles. The van der Waals surface area contributed by atoms with Crippen molar-refractivity contribution in [3.05, 3.63) is 71.8 Å². The van der Waals surface area contributed by atoms with Gasteiger partial charge < -0.3 is 15.5 Å². The second-order valence-electron chi connectivity index (χ2n) is 7.39. The van der Waals surface area contributed by atoms with E-state index in [0.717, 1.165) is 36.0 Å². The smallest absolute Gasteiger partial charge is 0.136 e. The Hall–Kier alpha value is -3.15. The number of piperidine rings is 1. The van der Waals surface area contributed by atoms with Crippen LogP contribution in [0.3, 0.4) is 0 Å². The van der Waals surface area contributed by atoms with E-state index in [0.29, 0.717) is 12.4 Å². The van der Waals surface area contributed by atoms with Crippen LogP contribution in [0.2, 0.25) is 0 Å². The number of nitrogens with one attached hydrogen (secondary N) is 2. The molecule has 2 heterocycles. The van der Waals surface area contributed by atoms with E-state index in [1.807, 2.05) is 13.0 Å². The highest BCUT2D eigenvalue weighted by Crippen LogP contribution is 2.24. The van der Waals surface area contributed by atoms with Crippen molar-refractivity contribution < 1.29 is 4.39 Å². The molecule has 4 rings (SSSR count). The molecule has 150 valence electrons. The van der Waals surface area contributed by atoms with Crippen LogP contribution in [-0.4, -0.2) is 23.1 Å². The van der Waals surface area contributed by atoms with Crippen molar-refractivity contribution in [1.82, 2.24) is 9.97 Å². The van der Waals surface area contributed by atoms with Crippen LogP contribution in [0.1, 0.15) is 30.7 Å². The molecule has 0 spiro atoms. The average molecular weight is 391 g/mol. The maximum Gasteiger partial charge on any atom is 0.136 e. The lowest BCUT2D eigenvalue weighted by molar-refractivity contribution is 0.578. The first kappa shape index (κ1) is 19.2. The number of benzene rings is 2. The standard InChI is InChI=1S/C23H26FN5/c1-17-26-22(25-16-18-5-7-19(24)8-6-18)15-23(27-17)28-20-9-11-21(12-10-20)29-13-3-2-4-14-29/h5-12,15H,2-4,13-14,16H2,1H3,(H2,25,26,27,28). The summed E-state index contributed by atoms with van der Waals surface area (Å²) in [5, 5.41) is 6.64. The fraction of sp³-hybridized carbons (Fsp3) is 0.304. The third-order valence-corrected chi connectivity index (χ3v) is 5.09. The monoisotopic (exact) mass is 391 g/mol. The Morgan fingerprint density at radius 2 is 1.59 bits per heavy atom. The Kier molecular flexibility index (Phi) is 5.89. The summed E-state index contributed by atoms with van der Waals surface area (Å²) in [6.07, 6.45) is 3.88. The number of nitrogens with zero attached hydrogens (tertiary/aromatic N) is 3. The molecule has 6 heteroatoms. The molecule has 3 aromatic rings. The number of hydrogen-bond donors (Lipinski definition) is 2. The maximum absolute atomic E-state index is 13.0. The Bertz CT molecular complexity index is 934. The molecule has 1 fully saturated rings. The molecule has 0 amide bonds. The molecule has 0 saturated carbocycles. The van der Waals surface area contributed by atoms with Gasteiger partial charge in [0.1, 0.15) is 23.3 Å². The van der Waals surface area contributed by atoms with Gasteiger partial charge in [-0.2, -0.15) is 0 Å². The minimum Gasteiger partial charge on any atom is -0.372 e. The van der Waals surface area contributed by atoms with E-state index in [1.54, 1.807) is 12.1 Å². The second-order valence-corrected chi connectivity index (χ2v) is 7.39. The summed E-state index contributed by atoms with van der Waals surface area (Å²) in [5.41, 5.74) is 3.26. The average Bonchev–Trinajstić information content (AvgIpc) is 2.74. The van der Waals surface area contributed by atoms with E-state index in [4.69, 9.17) is 0 Å². The van der Waals surface area contributed by atoms with Crippen molar-refractivity contribution >= 4 is 23.0 Å². The van der Waals surface area contributed by atoms with Gasteiger partial charge in [0.05, 0.1) is 0 Å². The Morgan fingerprint density at radius 3 is 2.31 bits per heavy atom. The zero-order valence-electron chi connectivity index (χ0n) is 16.7. The van der Waals surface area contributed by atoms with E-state index in [9.17, 15) is 4.39 Å². The first-order valence-corrected chi connectivity index (χ1v) is 10.1. The van der Waals surface area contributed by atoms with Gasteiger partial charge in [-0.3, -0.25) is 0 Å². The molecule has 5 nitrogen and oxygen atoms in total. The van der Waals surface area contributed by atoms with Gasteiger partial charge in [0.2, 0.25) is 0 Å². The van der Waals surface area contributed by atoms with Crippen LogP contribution in [0.4, 0.5) is 27.4 Å². The van der Waals surface area contributed by atoms with Crippen LogP contribution < -0.4 is 15.5 Å². The number of halogens is 1. The summed E-state index contributed by atoms with van der Waals surface area (Å²) >= 11 is 0. The molecular formula is C23H26FN5. The molecule has 2 aromatic carbocycles. The lowest BCUT2D eigenvalue weighted by atomic mass is 10.1. The fourth-order valence-electron chi connectivity index (χ4n) is 3.57. The Morgan fingerprint density at radius 1 is 0.897 bits per heavy atom. The number of aryl methyl sites for hydroxylation is 1. The van der Waals surface area contributed by atoms with E-state index < -0.39 is 0 Å². The van der Waals surface area contributed by atoms with Crippen molar-refractivity contribution in [2.45, 2.75) is 32.7 Å². The number of anilines is 4. The predicted molar refractivity (Wildman–Crippen MR) is 116 cm³/mol. The van der Waals surface area contributed by atoms with Crippen LogP contribution in [-0.2, 0) is 6.54 Å². The summed E-state index contributed by atoms with van der Waals surface area (Å²) in [4.78, 5) is 11.4. The summed E-state index contributed by atoms with van der Waals surface area (Å²) in [6, 6.07) is 16.8. The third-order valence-electron chi connectivity index (χ3n) is 5.09. The fourth-order valence-corrected chi connectivity index (χ4v) is 3.57. The van der Waals surface area contributed by atoms with E-state index in [2.05, 4.69) is 49.8 Å².